The van der Waals surface area contributed by atoms with Gasteiger partial charge in [0.25, 0.3) is 0 Å². The van der Waals surface area contributed by atoms with Crippen molar-refractivity contribution in [3.05, 3.63) is 48.0 Å². The number of hydrogen-bond acceptors (Lipinski definition) is 7. The number of fused-ring (bicyclic) bond motifs is 1. The fourth-order valence-corrected chi connectivity index (χ4v) is 5.43. The molecule has 12 heteroatoms. The molecule has 4 aromatic rings. The Balaban J connectivity index is 1.57. The lowest BCUT2D eigenvalue weighted by molar-refractivity contribution is -0.144. The first kappa shape index (κ1) is 24.8. The Morgan fingerprint density at radius 3 is 2.66 bits per heavy atom. The molecule has 2 fully saturated rings. The van der Waals surface area contributed by atoms with Crippen molar-refractivity contribution in [2.45, 2.75) is 44.9 Å². The summed E-state index contributed by atoms with van der Waals surface area (Å²) in [6.07, 6.45) is -1.85. The molecular formula is C26H29F3N8O. The Bertz CT molecular complexity index is 1460. The first-order chi connectivity index (χ1) is 18.3. The average molecular weight is 527 g/mol. The number of piperidine rings is 1. The van der Waals surface area contributed by atoms with Gasteiger partial charge in [-0.05, 0) is 51.9 Å². The van der Waals surface area contributed by atoms with E-state index in [0.717, 1.165) is 11.0 Å². The molecule has 0 radical (unpaired) electrons. The molecule has 2 aliphatic heterocycles. The molecule has 0 saturated carbocycles. The predicted octanol–water partition coefficient (Wildman–Crippen LogP) is 4.16. The summed E-state index contributed by atoms with van der Waals surface area (Å²) in [7, 11) is 0. The van der Waals surface area contributed by atoms with Crippen LogP contribution in [0.4, 0.5) is 19.0 Å². The van der Waals surface area contributed by atoms with Gasteiger partial charge in [-0.15, -0.1) is 0 Å². The number of morpholine rings is 1. The summed E-state index contributed by atoms with van der Waals surface area (Å²) >= 11 is 0. The number of nitrogens with zero attached hydrogens (tertiary/aromatic N) is 7. The number of para-hydroxylation sites is 2. The molecule has 38 heavy (non-hydrogen) atoms. The molecule has 1 atom stereocenters. The van der Waals surface area contributed by atoms with Crippen molar-refractivity contribution in [3.8, 4) is 17.2 Å². The molecule has 1 N–H and O–H groups in total. The summed E-state index contributed by atoms with van der Waals surface area (Å²) in [5.74, 6) is 0.799. The second kappa shape index (κ2) is 9.66. The normalized spacial score (nSPS) is 19.4. The molecule has 5 heterocycles. The van der Waals surface area contributed by atoms with Gasteiger partial charge in [0.05, 0.1) is 53.3 Å². The number of anilines is 1. The average Bonchev–Trinajstić information content (AvgIpc) is 3.50. The summed E-state index contributed by atoms with van der Waals surface area (Å²) in [6.45, 7) is 6.52. The minimum absolute atomic E-state index is 0.000438. The van der Waals surface area contributed by atoms with Crippen LogP contribution in [0.1, 0.15) is 37.2 Å². The predicted molar refractivity (Wildman–Crippen MR) is 136 cm³/mol. The molecule has 2 aliphatic rings. The molecule has 0 aliphatic carbocycles. The van der Waals surface area contributed by atoms with E-state index >= 15 is 0 Å². The van der Waals surface area contributed by atoms with Gasteiger partial charge < -0.3 is 15.0 Å². The van der Waals surface area contributed by atoms with E-state index in [1.54, 1.807) is 23.9 Å². The number of nitrogens with one attached hydrogen (secondary N) is 1. The van der Waals surface area contributed by atoms with Crippen LogP contribution in [-0.2, 0) is 10.9 Å². The third kappa shape index (κ3) is 4.41. The van der Waals surface area contributed by atoms with Crippen LogP contribution >= 0.6 is 0 Å². The van der Waals surface area contributed by atoms with E-state index in [1.165, 1.54) is 4.68 Å². The summed E-state index contributed by atoms with van der Waals surface area (Å²) in [6, 6.07) is 8.83. The Labute approximate surface area is 217 Å². The van der Waals surface area contributed by atoms with E-state index in [2.05, 4.69) is 20.3 Å². The number of rotatable bonds is 4. The van der Waals surface area contributed by atoms with Crippen molar-refractivity contribution in [3.63, 3.8) is 0 Å². The van der Waals surface area contributed by atoms with E-state index in [0.29, 0.717) is 51.5 Å². The van der Waals surface area contributed by atoms with Crippen molar-refractivity contribution in [2.75, 3.05) is 37.7 Å². The van der Waals surface area contributed by atoms with Crippen LogP contribution in [0, 0.1) is 6.92 Å². The lowest BCUT2D eigenvalue weighted by Gasteiger charge is -2.34. The van der Waals surface area contributed by atoms with Crippen LogP contribution in [0.25, 0.3) is 28.2 Å². The van der Waals surface area contributed by atoms with Crippen molar-refractivity contribution < 1.29 is 17.9 Å². The molecule has 9 nitrogen and oxygen atoms in total. The van der Waals surface area contributed by atoms with E-state index < -0.39 is 11.9 Å². The van der Waals surface area contributed by atoms with E-state index in [9.17, 15) is 13.2 Å². The summed E-state index contributed by atoms with van der Waals surface area (Å²) in [5.41, 5.74) is 1.22. The molecule has 0 spiro atoms. The Morgan fingerprint density at radius 1 is 1.11 bits per heavy atom. The third-order valence-electron chi connectivity index (χ3n) is 7.30. The molecular weight excluding hydrogens is 497 g/mol. The fraction of sp³-hybridized carbons (Fsp3) is 0.462. The van der Waals surface area contributed by atoms with Gasteiger partial charge >= 0.3 is 6.18 Å². The van der Waals surface area contributed by atoms with Crippen LogP contribution in [0.3, 0.4) is 0 Å². The molecule has 6 rings (SSSR count). The van der Waals surface area contributed by atoms with Gasteiger partial charge in [-0.1, -0.05) is 12.1 Å². The molecule has 1 aromatic carbocycles. The zero-order valence-corrected chi connectivity index (χ0v) is 21.2. The van der Waals surface area contributed by atoms with Crippen LogP contribution in [0.2, 0.25) is 0 Å². The largest absolute Gasteiger partial charge is 0.433 e. The molecule has 200 valence electrons. The van der Waals surface area contributed by atoms with Gasteiger partial charge in [0.15, 0.2) is 5.69 Å². The number of ether oxygens (including phenoxy) is 1. The van der Waals surface area contributed by atoms with Crippen molar-refractivity contribution >= 4 is 16.9 Å². The fourth-order valence-electron chi connectivity index (χ4n) is 5.43. The maximum Gasteiger partial charge on any atom is 0.433 e. The van der Waals surface area contributed by atoms with Gasteiger partial charge in [-0.2, -0.15) is 23.3 Å². The van der Waals surface area contributed by atoms with E-state index in [1.807, 2.05) is 31.2 Å². The Kier molecular flexibility index (Phi) is 6.31. The minimum Gasteiger partial charge on any atom is -0.377 e. The molecule has 0 bridgehead atoms. The Morgan fingerprint density at radius 2 is 1.89 bits per heavy atom. The van der Waals surface area contributed by atoms with Crippen molar-refractivity contribution in [1.82, 2.24) is 34.6 Å². The van der Waals surface area contributed by atoms with Crippen molar-refractivity contribution in [2.24, 2.45) is 0 Å². The maximum atomic E-state index is 14.7. The maximum absolute atomic E-state index is 14.7. The minimum atomic E-state index is -4.61. The van der Waals surface area contributed by atoms with Gasteiger partial charge in [-0.3, -0.25) is 9.25 Å². The number of alkyl halides is 3. The quantitative estimate of drug-likeness (QED) is 0.428. The van der Waals surface area contributed by atoms with Crippen LogP contribution in [0.5, 0.6) is 0 Å². The highest BCUT2D eigenvalue weighted by Gasteiger charge is 2.42. The van der Waals surface area contributed by atoms with E-state index in [4.69, 9.17) is 14.7 Å². The SMILES string of the molecule is Cc1nn(C2CCNCC2)c(C(F)(F)F)c1-c1cc(N2CCOC[C@H]2C)nc(-n2cnc3ccccc32)n1. The summed E-state index contributed by atoms with van der Waals surface area (Å²) in [5, 5.41) is 7.65. The van der Waals surface area contributed by atoms with Gasteiger partial charge in [0, 0.05) is 12.6 Å². The topological polar surface area (TPSA) is 85.9 Å². The highest BCUT2D eigenvalue weighted by Crippen LogP contribution is 2.42. The first-order valence-electron chi connectivity index (χ1n) is 12.8. The van der Waals surface area contributed by atoms with Gasteiger partial charge in [-0.25, -0.2) is 9.97 Å². The second-order valence-corrected chi connectivity index (χ2v) is 9.86. The number of imidazole rings is 1. The lowest BCUT2D eigenvalue weighted by atomic mass is 10.0. The number of aromatic nitrogens is 6. The number of aryl methyl sites for hydroxylation is 1. The zero-order valence-electron chi connectivity index (χ0n) is 21.2. The standard InChI is InChI=1S/C26H29F3N8O/c1-16-14-38-12-11-35(16)22-13-20(32-25(33-22)36-15-31-19-5-3-4-6-21(19)36)23-17(2)34-37(24(23)26(27,28)29)18-7-9-30-10-8-18/h3-6,13,15-16,18,30H,7-12,14H2,1-2H3/t16-/m1/s1. The highest BCUT2D eigenvalue weighted by molar-refractivity contribution is 5.77. The van der Waals surface area contributed by atoms with Crippen LogP contribution < -0.4 is 10.2 Å². The molecule has 0 unspecified atom stereocenters. The number of halogens is 3. The molecule has 3 aromatic heterocycles. The first-order valence-corrected chi connectivity index (χ1v) is 12.8. The summed E-state index contributed by atoms with van der Waals surface area (Å²) in [4.78, 5) is 16.0. The summed E-state index contributed by atoms with van der Waals surface area (Å²) < 4.78 is 52.6. The van der Waals surface area contributed by atoms with Gasteiger partial charge in [0.2, 0.25) is 5.95 Å². The molecule has 2 saturated heterocycles. The van der Waals surface area contributed by atoms with E-state index in [-0.39, 0.29) is 35.0 Å². The monoisotopic (exact) mass is 526 g/mol. The number of benzene rings is 1. The molecule has 0 amide bonds. The smallest absolute Gasteiger partial charge is 0.377 e. The number of hydrogen-bond donors (Lipinski definition) is 1. The van der Waals surface area contributed by atoms with Crippen LogP contribution in [0.15, 0.2) is 36.7 Å². The zero-order chi connectivity index (χ0) is 26.4. The third-order valence-corrected chi connectivity index (χ3v) is 7.30. The van der Waals surface area contributed by atoms with Crippen LogP contribution in [-0.4, -0.2) is 68.2 Å². The highest BCUT2D eigenvalue weighted by atomic mass is 19.4. The van der Waals surface area contributed by atoms with Crippen molar-refractivity contribution in [1.29, 1.82) is 0 Å². The van der Waals surface area contributed by atoms with Gasteiger partial charge in [0.1, 0.15) is 12.1 Å². The lowest BCUT2D eigenvalue weighted by Crippen LogP contribution is -2.44. The Hall–Kier alpha value is -3.51. The second-order valence-electron chi connectivity index (χ2n) is 9.86.